The Morgan fingerprint density at radius 1 is 0.941 bits per heavy atom. The normalized spacial score (nSPS) is 10.6. The molecule has 0 spiro atoms. The lowest BCUT2D eigenvalue weighted by molar-refractivity contribution is -0.133. The number of carbonyl (C=O) groups is 2. The number of carbonyl (C=O) groups excluding carboxylic acids is 2. The number of ether oxygens (including phenoxy) is 1. The van der Waals surface area contributed by atoms with Gasteiger partial charge in [-0.25, -0.2) is 4.79 Å². The van der Waals surface area contributed by atoms with E-state index in [1.807, 2.05) is 72.7 Å². The van der Waals surface area contributed by atoms with Crippen molar-refractivity contribution >= 4 is 29.0 Å². The quantitative estimate of drug-likeness (QED) is 0.371. The maximum atomic E-state index is 13.5. The molecule has 0 unspecified atom stereocenters. The van der Waals surface area contributed by atoms with Gasteiger partial charge in [-0.1, -0.05) is 49.4 Å². The number of benzene rings is 2. The lowest BCUT2D eigenvalue weighted by Gasteiger charge is -2.28. The van der Waals surface area contributed by atoms with Crippen LogP contribution in [0, 0.1) is 6.92 Å². The van der Waals surface area contributed by atoms with Crippen LogP contribution in [0.15, 0.2) is 66.0 Å². The molecule has 0 aliphatic heterocycles. The van der Waals surface area contributed by atoms with E-state index >= 15 is 0 Å². The number of rotatable bonds is 11. The Kier molecular flexibility index (Phi) is 9.52. The number of thiophene rings is 1. The summed E-state index contributed by atoms with van der Waals surface area (Å²) < 4.78 is 5.63. The Hall–Kier alpha value is -3.32. The molecule has 2 aromatic carbocycles. The number of hydrogen-bond donors (Lipinski definition) is 1. The number of para-hydroxylation sites is 2. The molecule has 6 nitrogen and oxygen atoms in total. The SMILES string of the molecule is CCCN(CC(=O)N(Cc1ccccc1)Cc1sccc1C)C(=O)Nc1ccccc1OCC. The first-order valence-electron chi connectivity index (χ1n) is 11.6. The molecule has 0 saturated heterocycles. The molecule has 3 aromatic rings. The highest BCUT2D eigenvalue weighted by atomic mass is 32.1. The largest absolute Gasteiger partial charge is 0.492 e. The molecule has 0 aliphatic carbocycles. The number of hydrogen-bond acceptors (Lipinski definition) is 4. The van der Waals surface area contributed by atoms with Crippen LogP contribution >= 0.6 is 11.3 Å². The van der Waals surface area contributed by atoms with Crippen LogP contribution < -0.4 is 10.1 Å². The van der Waals surface area contributed by atoms with Crippen molar-refractivity contribution in [1.29, 1.82) is 0 Å². The van der Waals surface area contributed by atoms with Gasteiger partial charge in [0.2, 0.25) is 5.91 Å². The van der Waals surface area contributed by atoms with Gasteiger partial charge in [0, 0.05) is 18.0 Å². The van der Waals surface area contributed by atoms with Gasteiger partial charge in [0.1, 0.15) is 12.3 Å². The third kappa shape index (κ3) is 7.09. The van der Waals surface area contributed by atoms with E-state index < -0.39 is 0 Å². The molecule has 3 rings (SSSR count). The minimum absolute atomic E-state index is 0.00767. The Labute approximate surface area is 206 Å². The van der Waals surface area contributed by atoms with E-state index in [0.29, 0.717) is 37.7 Å². The van der Waals surface area contributed by atoms with Crippen LogP contribution in [0.3, 0.4) is 0 Å². The van der Waals surface area contributed by atoms with Crippen molar-refractivity contribution in [1.82, 2.24) is 9.80 Å². The average Bonchev–Trinajstić information content (AvgIpc) is 3.24. The summed E-state index contributed by atoms with van der Waals surface area (Å²) in [4.78, 5) is 31.2. The molecule has 0 radical (unpaired) electrons. The summed E-state index contributed by atoms with van der Waals surface area (Å²) in [5.41, 5.74) is 2.83. The maximum absolute atomic E-state index is 13.5. The summed E-state index contributed by atoms with van der Waals surface area (Å²) in [6.07, 6.45) is 0.747. The van der Waals surface area contributed by atoms with Crippen LogP contribution in [-0.4, -0.2) is 41.4 Å². The highest BCUT2D eigenvalue weighted by Crippen LogP contribution is 2.24. The van der Waals surface area contributed by atoms with Crippen LogP contribution in [-0.2, 0) is 17.9 Å². The predicted molar refractivity (Wildman–Crippen MR) is 138 cm³/mol. The second-order valence-electron chi connectivity index (χ2n) is 8.04. The second kappa shape index (κ2) is 12.8. The van der Waals surface area contributed by atoms with E-state index in [2.05, 4.69) is 18.3 Å². The molecule has 1 heterocycles. The number of nitrogens with one attached hydrogen (secondary N) is 1. The Bertz CT molecular complexity index is 1070. The van der Waals surface area contributed by atoms with Crippen molar-refractivity contribution in [2.24, 2.45) is 0 Å². The van der Waals surface area contributed by atoms with Crippen LogP contribution in [0.25, 0.3) is 0 Å². The second-order valence-corrected chi connectivity index (χ2v) is 9.04. The Morgan fingerprint density at radius 3 is 2.35 bits per heavy atom. The van der Waals surface area contributed by atoms with Crippen molar-refractivity contribution in [3.05, 3.63) is 82.0 Å². The van der Waals surface area contributed by atoms with E-state index in [4.69, 9.17) is 4.74 Å². The van der Waals surface area contributed by atoms with Gasteiger partial charge in [-0.2, -0.15) is 0 Å². The van der Waals surface area contributed by atoms with Crippen molar-refractivity contribution in [2.45, 2.75) is 40.3 Å². The third-order valence-electron chi connectivity index (χ3n) is 5.41. The van der Waals surface area contributed by atoms with E-state index in [0.717, 1.165) is 16.9 Å². The molecule has 0 bridgehead atoms. The molecular formula is C27H33N3O3S. The molecule has 0 aliphatic rings. The Balaban J connectivity index is 1.76. The summed E-state index contributed by atoms with van der Waals surface area (Å²) in [5.74, 6) is 0.526. The summed E-state index contributed by atoms with van der Waals surface area (Å²) in [5, 5.41) is 4.97. The number of urea groups is 1. The van der Waals surface area contributed by atoms with Gasteiger partial charge in [0.25, 0.3) is 0 Å². The molecule has 1 N–H and O–H groups in total. The average molecular weight is 480 g/mol. The predicted octanol–water partition coefficient (Wildman–Crippen LogP) is 5.93. The number of nitrogens with zero attached hydrogens (tertiary/aromatic N) is 2. The molecule has 1 aromatic heterocycles. The zero-order chi connectivity index (χ0) is 24.3. The summed E-state index contributed by atoms with van der Waals surface area (Å²) in [7, 11) is 0. The zero-order valence-electron chi connectivity index (χ0n) is 20.1. The molecule has 0 fully saturated rings. The van der Waals surface area contributed by atoms with Crippen LogP contribution in [0.1, 0.15) is 36.3 Å². The minimum atomic E-state index is -0.311. The van der Waals surface area contributed by atoms with Gasteiger partial charge >= 0.3 is 6.03 Å². The minimum Gasteiger partial charge on any atom is -0.492 e. The molecular weight excluding hydrogens is 446 g/mol. The van der Waals surface area contributed by atoms with Crippen molar-refractivity contribution < 1.29 is 14.3 Å². The highest BCUT2D eigenvalue weighted by molar-refractivity contribution is 7.10. The maximum Gasteiger partial charge on any atom is 0.322 e. The van der Waals surface area contributed by atoms with Gasteiger partial charge in [0.05, 0.1) is 18.8 Å². The van der Waals surface area contributed by atoms with Gasteiger partial charge in [-0.05, 0) is 55.0 Å². The monoisotopic (exact) mass is 479 g/mol. The Morgan fingerprint density at radius 2 is 1.68 bits per heavy atom. The van der Waals surface area contributed by atoms with Crippen LogP contribution in [0.5, 0.6) is 5.75 Å². The first-order chi connectivity index (χ1) is 16.5. The lowest BCUT2D eigenvalue weighted by atomic mass is 10.2. The first-order valence-corrected chi connectivity index (χ1v) is 12.5. The number of aryl methyl sites for hydroxylation is 1. The number of amides is 3. The van der Waals surface area contributed by atoms with Crippen molar-refractivity contribution in [3.63, 3.8) is 0 Å². The molecule has 7 heteroatoms. The van der Waals surface area contributed by atoms with E-state index in [1.165, 1.54) is 5.56 Å². The van der Waals surface area contributed by atoms with Gasteiger partial charge < -0.3 is 19.9 Å². The van der Waals surface area contributed by atoms with Crippen LogP contribution in [0.2, 0.25) is 0 Å². The molecule has 0 atom stereocenters. The summed E-state index contributed by atoms with van der Waals surface area (Å²) in [6, 6.07) is 19.0. The molecule has 34 heavy (non-hydrogen) atoms. The first kappa shape index (κ1) is 25.3. The third-order valence-corrected chi connectivity index (χ3v) is 6.41. The van der Waals surface area contributed by atoms with Gasteiger partial charge in [-0.15, -0.1) is 11.3 Å². The molecule has 0 saturated carbocycles. The van der Waals surface area contributed by atoms with E-state index in [-0.39, 0.29) is 18.5 Å². The number of anilines is 1. The van der Waals surface area contributed by atoms with E-state index in [1.54, 1.807) is 22.3 Å². The van der Waals surface area contributed by atoms with Crippen LogP contribution in [0.4, 0.5) is 10.5 Å². The van der Waals surface area contributed by atoms with Gasteiger partial charge in [-0.3, -0.25) is 4.79 Å². The van der Waals surface area contributed by atoms with Crippen molar-refractivity contribution in [2.75, 3.05) is 25.0 Å². The molecule has 180 valence electrons. The standard InChI is InChI=1S/C27H33N3O3S/c1-4-16-29(27(32)28-23-13-9-10-14-24(23)33-5-2)20-26(31)30(18-22-11-7-6-8-12-22)19-25-21(3)15-17-34-25/h6-15,17H,4-5,16,18-20H2,1-3H3,(H,28,32). The van der Waals surface area contributed by atoms with Crippen molar-refractivity contribution in [3.8, 4) is 5.75 Å². The molecule has 3 amide bonds. The fraction of sp³-hybridized carbons (Fsp3) is 0.333. The zero-order valence-corrected chi connectivity index (χ0v) is 20.9. The smallest absolute Gasteiger partial charge is 0.322 e. The lowest BCUT2D eigenvalue weighted by Crippen LogP contribution is -2.44. The summed E-state index contributed by atoms with van der Waals surface area (Å²) in [6.45, 7) is 7.95. The fourth-order valence-corrected chi connectivity index (χ4v) is 4.53. The summed E-state index contributed by atoms with van der Waals surface area (Å²) >= 11 is 1.65. The highest BCUT2D eigenvalue weighted by Gasteiger charge is 2.23. The fourth-order valence-electron chi connectivity index (χ4n) is 3.61. The van der Waals surface area contributed by atoms with Gasteiger partial charge in [0.15, 0.2) is 0 Å². The topological polar surface area (TPSA) is 61.9 Å². The van der Waals surface area contributed by atoms with E-state index in [9.17, 15) is 9.59 Å².